The van der Waals surface area contributed by atoms with E-state index in [2.05, 4.69) is 37.4 Å². The van der Waals surface area contributed by atoms with E-state index < -0.39 is 0 Å². The van der Waals surface area contributed by atoms with E-state index in [1.54, 1.807) is 0 Å². The van der Waals surface area contributed by atoms with Gasteiger partial charge >= 0.3 is 0 Å². The number of rotatable bonds is 3. The molecule has 0 aromatic heterocycles. The van der Waals surface area contributed by atoms with E-state index in [9.17, 15) is 0 Å². The number of anilines is 1. The van der Waals surface area contributed by atoms with Gasteiger partial charge < -0.3 is 5.32 Å². The van der Waals surface area contributed by atoms with Crippen LogP contribution in [0.4, 0.5) is 5.69 Å². The molecule has 1 N–H and O–H groups in total. The van der Waals surface area contributed by atoms with Crippen LogP contribution in [0.25, 0.3) is 0 Å². The molecule has 0 heterocycles. The van der Waals surface area contributed by atoms with Crippen LogP contribution in [-0.4, -0.2) is 0 Å². The predicted molar refractivity (Wildman–Crippen MR) is 74.7 cm³/mol. The van der Waals surface area contributed by atoms with E-state index in [0.29, 0.717) is 0 Å². The summed E-state index contributed by atoms with van der Waals surface area (Å²) in [5.41, 5.74) is 5.05. The molecular weight excluding hydrogens is 230 g/mol. The Balaban J connectivity index is 2.02. The SMILES string of the molecule is Cc1ccc(CNc2ccc(Cl)cc2)cc1C. The highest BCUT2D eigenvalue weighted by Gasteiger charge is 1.97. The molecule has 0 radical (unpaired) electrons. The van der Waals surface area contributed by atoms with Gasteiger partial charge in [0.25, 0.3) is 0 Å². The van der Waals surface area contributed by atoms with Crippen molar-refractivity contribution in [1.82, 2.24) is 0 Å². The molecule has 0 unspecified atom stereocenters. The molecule has 2 heteroatoms. The van der Waals surface area contributed by atoms with Gasteiger partial charge in [0.1, 0.15) is 0 Å². The number of aryl methyl sites for hydroxylation is 2. The number of halogens is 1. The summed E-state index contributed by atoms with van der Waals surface area (Å²) in [7, 11) is 0. The molecule has 2 rings (SSSR count). The molecule has 0 saturated heterocycles. The third-order valence-corrected chi connectivity index (χ3v) is 3.16. The summed E-state index contributed by atoms with van der Waals surface area (Å²) in [5, 5.41) is 4.14. The maximum absolute atomic E-state index is 5.84. The van der Waals surface area contributed by atoms with Crippen molar-refractivity contribution in [3.8, 4) is 0 Å². The van der Waals surface area contributed by atoms with Gasteiger partial charge in [-0.25, -0.2) is 0 Å². The molecule has 0 atom stereocenters. The number of hydrogen-bond donors (Lipinski definition) is 1. The van der Waals surface area contributed by atoms with Gasteiger partial charge in [0.15, 0.2) is 0 Å². The monoisotopic (exact) mass is 245 g/mol. The zero-order valence-electron chi connectivity index (χ0n) is 10.1. The average molecular weight is 246 g/mol. The topological polar surface area (TPSA) is 12.0 Å². The molecule has 0 aliphatic rings. The van der Waals surface area contributed by atoms with Gasteiger partial charge in [-0.3, -0.25) is 0 Å². The first-order valence-electron chi connectivity index (χ1n) is 5.71. The van der Waals surface area contributed by atoms with E-state index in [1.165, 1.54) is 16.7 Å². The lowest BCUT2D eigenvalue weighted by Crippen LogP contribution is -1.99. The molecule has 2 aromatic rings. The second-order valence-corrected chi connectivity index (χ2v) is 4.72. The summed E-state index contributed by atoms with van der Waals surface area (Å²) in [6.45, 7) is 5.11. The van der Waals surface area contributed by atoms with E-state index in [1.807, 2.05) is 24.3 Å². The quantitative estimate of drug-likeness (QED) is 0.835. The second kappa shape index (κ2) is 5.24. The Kier molecular flexibility index (Phi) is 3.70. The summed E-state index contributed by atoms with van der Waals surface area (Å²) in [6.07, 6.45) is 0. The van der Waals surface area contributed by atoms with Crippen molar-refractivity contribution in [2.75, 3.05) is 5.32 Å². The van der Waals surface area contributed by atoms with Crippen LogP contribution >= 0.6 is 11.6 Å². The largest absolute Gasteiger partial charge is 0.381 e. The zero-order valence-corrected chi connectivity index (χ0v) is 10.9. The maximum Gasteiger partial charge on any atom is 0.0407 e. The zero-order chi connectivity index (χ0) is 12.3. The van der Waals surface area contributed by atoms with Crippen molar-refractivity contribution in [2.45, 2.75) is 20.4 Å². The highest BCUT2D eigenvalue weighted by Crippen LogP contribution is 2.15. The van der Waals surface area contributed by atoms with Gasteiger partial charge in [-0.1, -0.05) is 29.8 Å². The molecule has 0 aliphatic carbocycles. The maximum atomic E-state index is 5.84. The summed E-state index contributed by atoms with van der Waals surface area (Å²) in [4.78, 5) is 0. The van der Waals surface area contributed by atoms with Crippen molar-refractivity contribution in [2.24, 2.45) is 0 Å². The van der Waals surface area contributed by atoms with E-state index in [4.69, 9.17) is 11.6 Å². The normalized spacial score (nSPS) is 10.3. The Morgan fingerprint density at radius 1 is 0.941 bits per heavy atom. The Morgan fingerprint density at radius 2 is 1.65 bits per heavy atom. The minimum atomic E-state index is 0.765. The first kappa shape index (κ1) is 12.0. The van der Waals surface area contributed by atoms with E-state index >= 15 is 0 Å². The fourth-order valence-electron chi connectivity index (χ4n) is 1.69. The van der Waals surface area contributed by atoms with Crippen LogP contribution in [0.1, 0.15) is 16.7 Å². The lowest BCUT2D eigenvalue weighted by atomic mass is 10.1. The first-order valence-corrected chi connectivity index (χ1v) is 6.08. The molecule has 2 aromatic carbocycles. The molecule has 0 bridgehead atoms. The van der Waals surface area contributed by atoms with Crippen LogP contribution in [-0.2, 0) is 6.54 Å². The number of nitrogens with one attached hydrogen (secondary N) is 1. The minimum absolute atomic E-state index is 0.765. The molecule has 0 aliphatic heterocycles. The molecule has 0 saturated carbocycles. The third kappa shape index (κ3) is 3.24. The average Bonchev–Trinajstić information content (AvgIpc) is 2.33. The fraction of sp³-hybridized carbons (Fsp3) is 0.200. The Bertz CT molecular complexity index is 503. The minimum Gasteiger partial charge on any atom is -0.381 e. The van der Waals surface area contributed by atoms with Crippen molar-refractivity contribution >= 4 is 17.3 Å². The smallest absolute Gasteiger partial charge is 0.0407 e. The summed E-state index contributed by atoms with van der Waals surface area (Å²) in [5.74, 6) is 0. The van der Waals surface area contributed by atoms with Crippen LogP contribution in [0.2, 0.25) is 5.02 Å². The summed E-state index contributed by atoms with van der Waals surface area (Å²) in [6, 6.07) is 14.3. The molecule has 17 heavy (non-hydrogen) atoms. The standard InChI is InChI=1S/C15H16ClN/c1-11-3-4-13(9-12(11)2)10-17-15-7-5-14(16)6-8-15/h3-9,17H,10H2,1-2H3. The van der Waals surface area contributed by atoms with Crippen molar-refractivity contribution in [1.29, 1.82) is 0 Å². The van der Waals surface area contributed by atoms with Gasteiger partial charge in [0, 0.05) is 17.3 Å². The highest BCUT2D eigenvalue weighted by molar-refractivity contribution is 6.30. The lowest BCUT2D eigenvalue weighted by Gasteiger charge is -2.08. The molecule has 1 nitrogen and oxygen atoms in total. The van der Waals surface area contributed by atoms with Crippen LogP contribution in [0.3, 0.4) is 0 Å². The van der Waals surface area contributed by atoms with E-state index in [-0.39, 0.29) is 0 Å². The predicted octanol–water partition coefficient (Wildman–Crippen LogP) is 4.57. The molecule has 88 valence electrons. The fourth-order valence-corrected chi connectivity index (χ4v) is 1.81. The second-order valence-electron chi connectivity index (χ2n) is 4.28. The van der Waals surface area contributed by atoms with Gasteiger partial charge in [-0.15, -0.1) is 0 Å². The molecule has 0 spiro atoms. The van der Waals surface area contributed by atoms with E-state index in [0.717, 1.165) is 17.3 Å². The molecule has 0 amide bonds. The third-order valence-electron chi connectivity index (χ3n) is 2.91. The van der Waals surface area contributed by atoms with Crippen molar-refractivity contribution in [3.63, 3.8) is 0 Å². The van der Waals surface area contributed by atoms with Crippen LogP contribution in [0, 0.1) is 13.8 Å². The molecule has 0 fully saturated rings. The highest BCUT2D eigenvalue weighted by atomic mass is 35.5. The van der Waals surface area contributed by atoms with Gasteiger partial charge in [-0.2, -0.15) is 0 Å². The van der Waals surface area contributed by atoms with Gasteiger partial charge in [0.05, 0.1) is 0 Å². The summed E-state index contributed by atoms with van der Waals surface area (Å²) < 4.78 is 0. The lowest BCUT2D eigenvalue weighted by molar-refractivity contribution is 1.13. The van der Waals surface area contributed by atoms with Crippen LogP contribution in [0.15, 0.2) is 42.5 Å². The van der Waals surface area contributed by atoms with Gasteiger partial charge in [-0.05, 0) is 54.8 Å². The number of hydrogen-bond acceptors (Lipinski definition) is 1. The van der Waals surface area contributed by atoms with Gasteiger partial charge in [0.2, 0.25) is 0 Å². The molecular formula is C15H16ClN. The first-order chi connectivity index (χ1) is 8.15. The Hall–Kier alpha value is -1.47. The Morgan fingerprint density at radius 3 is 2.29 bits per heavy atom. The number of benzene rings is 2. The van der Waals surface area contributed by atoms with Crippen molar-refractivity contribution < 1.29 is 0 Å². The van der Waals surface area contributed by atoms with Crippen LogP contribution in [0.5, 0.6) is 0 Å². The Labute approximate surface area is 107 Å². The van der Waals surface area contributed by atoms with Crippen LogP contribution < -0.4 is 5.32 Å². The summed E-state index contributed by atoms with van der Waals surface area (Å²) >= 11 is 5.84. The van der Waals surface area contributed by atoms with Crippen molar-refractivity contribution in [3.05, 3.63) is 64.2 Å².